The van der Waals surface area contributed by atoms with E-state index in [1.165, 1.54) is 5.56 Å². The summed E-state index contributed by atoms with van der Waals surface area (Å²) >= 11 is 0. The minimum Gasteiger partial charge on any atom is -0.383 e. The highest BCUT2D eigenvalue weighted by molar-refractivity contribution is 5.39. The number of aromatic nitrogens is 2. The van der Waals surface area contributed by atoms with E-state index in [0.29, 0.717) is 11.9 Å². The molecule has 0 spiro atoms. The minimum atomic E-state index is 0.346. The largest absolute Gasteiger partial charge is 0.383 e. The summed E-state index contributed by atoms with van der Waals surface area (Å²) in [5, 5.41) is 3.32. The highest BCUT2D eigenvalue weighted by Gasteiger charge is 2.10. The summed E-state index contributed by atoms with van der Waals surface area (Å²) < 4.78 is 0. The van der Waals surface area contributed by atoms with Crippen molar-refractivity contribution < 1.29 is 0 Å². The maximum Gasteiger partial charge on any atom is 0.126 e. The van der Waals surface area contributed by atoms with Crippen LogP contribution in [-0.4, -0.2) is 23.1 Å². The van der Waals surface area contributed by atoms with Crippen molar-refractivity contribution >= 4 is 5.82 Å². The lowest BCUT2D eigenvalue weighted by molar-refractivity contribution is 0.556. The van der Waals surface area contributed by atoms with Crippen LogP contribution in [0.4, 0.5) is 5.82 Å². The second kappa shape index (κ2) is 6.12. The standard InChI is InChI=1S/C14H18N4/c1-16-13(9-11-4-7-17-8-5-11)10-12-3-2-6-18-14(12)15/h2-8,13,16H,9-10H2,1H3,(H2,15,18). The summed E-state index contributed by atoms with van der Waals surface area (Å²) in [5.41, 5.74) is 8.23. The van der Waals surface area contributed by atoms with Gasteiger partial charge in [-0.2, -0.15) is 0 Å². The quantitative estimate of drug-likeness (QED) is 0.832. The molecule has 2 aromatic heterocycles. The molecule has 0 saturated heterocycles. The number of nitrogen functional groups attached to an aromatic ring is 1. The molecule has 0 bridgehead atoms. The first-order valence-corrected chi connectivity index (χ1v) is 6.05. The molecule has 4 nitrogen and oxygen atoms in total. The van der Waals surface area contributed by atoms with Gasteiger partial charge in [0, 0.05) is 24.6 Å². The van der Waals surface area contributed by atoms with Crippen molar-refractivity contribution in [2.24, 2.45) is 0 Å². The summed E-state index contributed by atoms with van der Waals surface area (Å²) in [6, 6.07) is 8.37. The molecule has 18 heavy (non-hydrogen) atoms. The lowest BCUT2D eigenvalue weighted by Gasteiger charge is -2.17. The van der Waals surface area contributed by atoms with Crippen LogP contribution < -0.4 is 11.1 Å². The SMILES string of the molecule is CNC(Cc1ccncc1)Cc1cccnc1N. The van der Waals surface area contributed by atoms with Crippen LogP contribution in [-0.2, 0) is 12.8 Å². The van der Waals surface area contributed by atoms with Crippen molar-refractivity contribution in [3.8, 4) is 0 Å². The fourth-order valence-corrected chi connectivity index (χ4v) is 1.97. The number of nitrogens with two attached hydrogens (primary N) is 1. The van der Waals surface area contributed by atoms with Crippen molar-refractivity contribution in [2.75, 3.05) is 12.8 Å². The zero-order valence-corrected chi connectivity index (χ0v) is 10.5. The molecule has 1 unspecified atom stereocenters. The smallest absolute Gasteiger partial charge is 0.126 e. The Labute approximate surface area is 107 Å². The first kappa shape index (κ1) is 12.5. The third-order valence-electron chi connectivity index (χ3n) is 3.03. The number of nitrogens with one attached hydrogen (secondary N) is 1. The lowest BCUT2D eigenvalue weighted by atomic mass is 10.0. The molecule has 94 valence electrons. The zero-order chi connectivity index (χ0) is 12.8. The lowest BCUT2D eigenvalue weighted by Crippen LogP contribution is -2.30. The van der Waals surface area contributed by atoms with Gasteiger partial charge < -0.3 is 11.1 Å². The van der Waals surface area contributed by atoms with Crippen molar-refractivity contribution in [1.29, 1.82) is 0 Å². The number of likely N-dealkylation sites (N-methyl/N-ethyl adjacent to an activating group) is 1. The van der Waals surface area contributed by atoms with E-state index < -0.39 is 0 Å². The molecule has 2 aromatic rings. The van der Waals surface area contributed by atoms with Crippen LogP contribution in [0.25, 0.3) is 0 Å². The highest BCUT2D eigenvalue weighted by atomic mass is 14.9. The van der Waals surface area contributed by atoms with Gasteiger partial charge in [0.25, 0.3) is 0 Å². The van der Waals surface area contributed by atoms with Gasteiger partial charge in [0.15, 0.2) is 0 Å². The van der Waals surface area contributed by atoms with Crippen molar-refractivity contribution in [3.63, 3.8) is 0 Å². The van der Waals surface area contributed by atoms with Gasteiger partial charge in [-0.1, -0.05) is 6.07 Å². The number of rotatable bonds is 5. The molecule has 0 aromatic carbocycles. The number of hydrogen-bond donors (Lipinski definition) is 2. The molecule has 0 radical (unpaired) electrons. The topological polar surface area (TPSA) is 63.8 Å². The molecule has 0 aliphatic heterocycles. The molecular formula is C14H18N4. The average molecular weight is 242 g/mol. The van der Waals surface area contributed by atoms with Crippen molar-refractivity contribution in [2.45, 2.75) is 18.9 Å². The van der Waals surface area contributed by atoms with Crippen LogP contribution in [0.15, 0.2) is 42.9 Å². The third kappa shape index (κ3) is 3.28. The molecule has 0 saturated carbocycles. The third-order valence-corrected chi connectivity index (χ3v) is 3.03. The monoisotopic (exact) mass is 242 g/mol. The first-order chi connectivity index (χ1) is 8.79. The average Bonchev–Trinajstić information content (AvgIpc) is 2.41. The van der Waals surface area contributed by atoms with E-state index in [9.17, 15) is 0 Å². The van der Waals surface area contributed by atoms with Crippen LogP contribution in [0.1, 0.15) is 11.1 Å². The van der Waals surface area contributed by atoms with Crippen LogP contribution in [0.2, 0.25) is 0 Å². The molecule has 2 heterocycles. The van der Waals surface area contributed by atoms with E-state index in [2.05, 4.69) is 15.3 Å². The Morgan fingerprint density at radius 3 is 2.61 bits per heavy atom. The molecule has 4 heteroatoms. The van der Waals surface area contributed by atoms with Crippen LogP contribution in [0.3, 0.4) is 0 Å². The highest BCUT2D eigenvalue weighted by Crippen LogP contribution is 2.12. The molecule has 3 N–H and O–H groups in total. The van der Waals surface area contributed by atoms with Gasteiger partial charge in [0.2, 0.25) is 0 Å². The molecule has 0 fully saturated rings. The summed E-state index contributed by atoms with van der Waals surface area (Å²) in [6.07, 6.45) is 7.18. The maximum absolute atomic E-state index is 5.87. The number of anilines is 1. The van der Waals surface area contributed by atoms with Gasteiger partial charge in [-0.15, -0.1) is 0 Å². The Kier molecular flexibility index (Phi) is 4.25. The summed E-state index contributed by atoms with van der Waals surface area (Å²) in [4.78, 5) is 8.14. The van der Waals surface area contributed by atoms with Crippen LogP contribution in [0, 0.1) is 0 Å². The Hall–Kier alpha value is -1.94. The molecule has 0 aliphatic rings. The minimum absolute atomic E-state index is 0.346. The van der Waals surface area contributed by atoms with Crippen LogP contribution >= 0.6 is 0 Å². The van der Waals surface area contributed by atoms with Crippen molar-refractivity contribution in [1.82, 2.24) is 15.3 Å². The first-order valence-electron chi connectivity index (χ1n) is 6.05. The summed E-state index contributed by atoms with van der Waals surface area (Å²) in [6.45, 7) is 0. The molecule has 0 amide bonds. The number of hydrogen-bond acceptors (Lipinski definition) is 4. The second-order valence-corrected chi connectivity index (χ2v) is 4.30. The fourth-order valence-electron chi connectivity index (χ4n) is 1.97. The van der Waals surface area contributed by atoms with E-state index in [0.717, 1.165) is 18.4 Å². The van der Waals surface area contributed by atoms with Gasteiger partial charge in [0.05, 0.1) is 0 Å². The fraction of sp³-hybridized carbons (Fsp3) is 0.286. The summed E-state index contributed by atoms with van der Waals surface area (Å²) in [7, 11) is 1.97. The molecule has 0 aliphatic carbocycles. The van der Waals surface area contributed by atoms with E-state index in [4.69, 9.17) is 5.73 Å². The Morgan fingerprint density at radius 2 is 1.94 bits per heavy atom. The molecular weight excluding hydrogens is 224 g/mol. The Morgan fingerprint density at radius 1 is 1.17 bits per heavy atom. The van der Waals surface area contributed by atoms with Gasteiger partial charge in [-0.25, -0.2) is 4.98 Å². The van der Waals surface area contributed by atoms with Gasteiger partial charge in [-0.05, 0) is 49.2 Å². The maximum atomic E-state index is 5.87. The number of nitrogens with zero attached hydrogens (tertiary/aromatic N) is 2. The van der Waals surface area contributed by atoms with E-state index in [1.807, 2.05) is 43.7 Å². The van der Waals surface area contributed by atoms with E-state index in [1.54, 1.807) is 6.20 Å². The molecule has 2 rings (SSSR count). The number of pyridine rings is 2. The predicted molar refractivity (Wildman–Crippen MR) is 73.1 cm³/mol. The summed E-state index contributed by atoms with van der Waals surface area (Å²) in [5.74, 6) is 0.618. The normalized spacial score (nSPS) is 12.3. The Balaban J connectivity index is 2.04. The van der Waals surface area contributed by atoms with Gasteiger partial charge in [-0.3, -0.25) is 4.98 Å². The molecule has 1 atom stereocenters. The zero-order valence-electron chi connectivity index (χ0n) is 10.5. The van der Waals surface area contributed by atoms with Crippen molar-refractivity contribution in [3.05, 3.63) is 54.0 Å². The van der Waals surface area contributed by atoms with E-state index in [-0.39, 0.29) is 0 Å². The second-order valence-electron chi connectivity index (χ2n) is 4.30. The predicted octanol–water partition coefficient (Wildman–Crippen LogP) is 1.43. The van der Waals surface area contributed by atoms with Crippen LogP contribution in [0.5, 0.6) is 0 Å². The Bertz CT molecular complexity index is 484. The van der Waals surface area contributed by atoms with Gasteiger partial charge >= 0.3 is 0 Å². The van der Waals surface area contributed by atoms with E-state index >= 15 is 0 Å². The van der Waals surface area contributed by atoms with Gasteiger partial charge in [0.1, 0.15) is 5.82 Å².